The largest absolute Gasteiger partial charge is 0.443 e. The van der Waals surface area contributed by atoms with Gasteiger partial charge >= 0.3 is 0 Å². The maximum absolute atomic E-state index is 5.79. The van der Waals surface area contributed by atoms with Gasteiger partial charge in [0.25, 0.3) is 0 Å². The lowest BCUT2D eigenvalue weighted by atomic mass is 9.94. The van der Waals surface area contributed by atoms with Crippen LogP contribution in [-0.2, 0) is 25.6 Å². The Labute approximate surface area is 143 Å². The molecule has 0 aromatic carbocycles. The first-order valence-corrected chi connectivity index (χ1v) is 8.08. The molecule has 1 N–H and O–H groups in total. The number of nitrogens with zero attached hydrogens (tertiary/aromatic N) is 6. The van der Waals surface area contributed by atoms with E-state index in [2.05, 4.69) is 46.1 Å². The van der Waals surface area contributed by atoms with Gasteiger partial charge in [0.05, 0.1) is 12.7 Å². The summed E-state index contributed by atoms with van der Waals surface area (Å²) >= 11 is 0. The van der Waals surface area contributed by atoms with Crippen molar-refractivity contribution in [2.24, 2.45) is 12.0 Å². The van der Waals surface area contributed by atoms with E-state index in [1.807, 2.05) is 25.9 Å². The second-order valence-electron chi connectivity index (χ2n) is 6.69. The van der Waals surface area contributed by atoms with E-state index in [1.165, 1.54) is 0 Å². The third-order valence-electron chi connectivity index (χ3n) is 3.54. The molecule has 0 fully saturated rings. The summed E-state index contributed by atoms with van der Waals surface area (Å²) in [6, 6.07) is 0. The number of oxazole rings is 1. The van der Waals surface area contributed by atoms with Crippen molar-refractivity contribution in [2.75, 3.05) is 13.6 Å². The monoisotopic (exact) mass is 333 g/mol. The summed E-state index contributed by atoms with van der Waals surface area (Å²) in [7, 11) is 3.84. The highest BCUT2D eigenvalue weighted by molar-refractivity contribution is 5.79. The Morgan fingerprint density at radius 2 is 2.12 bits per heavy atom. The van der Waals surface area contributed by atoms with Crippen molar-refractivity contribution in [3.8, 4) is 0 Å². The lowest BCUT2D eigenvalue weighted by molar-refractivity contribution is 0.382. The van der Waals surface area contributed by atoms with Crippen molar-refractivity contribution in [1.82, 2.24) is 30.0 Å². The summed E-state index contributed by atoms with van der Waals surface area (Å²) < 4.78 is 7.54. The molecule has 0 aliphatic heterocycles. The van der Waals surface area contributed by atoms with Crippen LogP contribution in [0.25, 0.3) is 0 Å². The van der Waals surface area contributed by atoms with Crippen molar-refractivity contribution in [1.29, 1.82) is 0 Å². The lowest BCUT2D eigenvalue weighted by Gasteiger charge is -2.21. The average Bonchev–Trinajstić information content (AvgIpc) is 3.13. The normalized spacial score (nSPS) is 12.5. The van der Waals surface area contributed by atoms with Gasteiger partial charge in [-0.3, -0.25) is 4.68 Å². The van der Waals surface area contributed by atoms with Gasteiger partial charge in [0, 0.05) is 26.1 Å². The second kappa shape index (κ2) is 7.46. The van der Waals surface area contributed by atoms with E-state index < -0.39 is 0 Å². The molecule has 2 rings (SSSR count). The zero-order chi connectivity index (χ0) is 17.7. The van der Waals surface area contributed by atoms with E-state index >= 15 is 0 Å². The molecule has 0 aliphatic carbocycles. The maximum atomic E-state index is 5.79. The van der Waals surface area contributed by atoms with Crippen LogP contribution in [0.1, 0.15) is 45.2 Å². The smallest absolute Gasteiger partial charge is 0.216 e. The summed E-state index contributed by atoms with van der Waals surface area (Å²) in [5.41, 5.74) is -0.0541. The molecule has 0 spiro atoms. The van der Waals surface area contributed by atoms with E-state index in [1.54, 1.807) is 17.2 Å². The first-order chi connectivity index (χ1) is 11.3. The predicted octanol–water partition coefficient (Wildman–Crippen LogP) is 1.70. The zero-order valence-electron chi connectivity index (χ0n) is 15.4. The molecule has 2 aromatic rings. The molecular formula is C16H27N7O. The van der Waals surface area contributed by atoms with Crippen LogP contribution in [-0.4, -0.2) is 44.2 Å². The summed E-state index contributed by atoms with van der Waals surface area (Å²) in [5, 5.41) is 7.36. The molecule has 8 heteroatoms. The topological polar surface area (TPSA) is 84.4 Å². The SMILES string of the molecule is CCNC(=NCc1ncc(C(C)(C)C)o1)N(C)Cc1ncnn1C. The molecule has 0 saturated carbocycles. The Balaban J connectivity index is 2.07. The van der Waals surface area contributed by atoms with Crippen LogP contribution in [0, 0.1) is 0 Å². The van der Waals surface area contributed by atoms with Gasteiger partial charge in [0.15, 0.2) is 5.96 Å². The van der Waals surface area contributed by atoms with Gasteiger partial charge in [-0.15, -0.1) is 0 Å². The zero-order valence-corrected chi connectivity index (χ0v) is 15.4. The van der Waals surface area contributed by atoms with Crippen LogP contribution in [0.3, 0.4) is 0 Å². The number of aryl methyl sites for hydroxylation is 1. The van der Waals surface area contributed by atoms with Gasteiger partial charge in [-0.25, -0.2) is 15.0 Å². The highest BCUT2D eigenvalue weighted by atomic mass is 16.4. The van der Waals surface area contributed by atoms with Crippen LogP contribution in [0.15, 0.2) is 21.9 Å². The fourth-order valence-corrected chi connectivity index (χ4v) is 2.09. The van der Waals surface area contributed by atoms with E-state index in [9.17, 15) is 0 Å². The van der Waals surface area contributed by atoms with Gasteiger partial charge in [-0.05, 0) is 6.92 Å². The van der Waals surface area contributed by atoms with Crippen LogP contribution >= 0.6 is 0 Å². The third kappa shape index (κ3) is 4.56. The van der Waals surface area contributed by atoms with Crippen LogP contribution in [0.5, 0.6) is 0 Å². The quantitative estimate of drug-likeness (QED) is 0.662. The number of hydrogen-bond acceptors (Lipinski definition) is 5. The van der Waals surface area contributed by atoms with Crippen molar-refractivity contribution in [3.05, 3.63) is 30.0 Å². The van der Waals surface area contributed by atoms with Crippen molar-refractivity contribution < 1.29 is 4.42 Å². The molecule has 0 bridgehead atoms. The molecule has 0 unspecified atom stereocenters. The van der Waals surface area contributed by atoms with Crippen LogP contribution < -0.4 is 5.32 Å². The molecule has 2 heterocycles. The molecule has 0 aliphatic rings. The molecule has 0 radical (unpaired) electrons. The standard InChI is InChI=1S/C16H27N7O/c1-7-17-15(22(5)10-13-20-11-21-23(13)6)19-9-14-18-8-12(24-14)16(2,3)4/h8,11H,7,9-10H2,1-6H3,(H,17,19). The fourth-order valence-electron chi connectivity index (χ4n) is 2.09. The summed E-state index contributed by atoms with van der Waals surface area (Å²) in [6.07, 6.45) is 3.33. The Morgan fingerprint density at radius 1 is 1.38 bits per heavy atom. The van der Waals surface area contributed by atoms with Gasteiger partial charge in [0.1, 0.15) is 24.5 Å². The minimum atomic E-state index is -0.0541. The Morgan fingerprint density at radius 3 is 2.67 bits per heavy atom. The summed E-state index contributed by atoms with van der Waals surface area (Å²) in [5.74, 6) is 3.12. The van der Waals surface area contributed by atoms with Crippen molar-refractivity contribution >= 4 is 5.96 Å². The summed E-state index contributed by atoms with van der Waals surface area (Å²) in [6.45, 7) is 10.1. The van der Waals surface area contributed by atoms with E-state index in [-0.39, 0.29) is 5.41 Å². The maximum Gasteiger partial charge on any atom is 0.216 e. The summed E-state index contributed by atoms with van der Waals surface area (Å²) in [4.78, 5) is 15.2. The van der Waals surface area contributed by atoms with Gasteiger partial charge in [0.2, 0.25) is 5.89 Å². The number of guanidine groups is 1. The first-order valence-electron chi connectivity index (χ1n) is 8.08. The van der Waals surface area contributed by atoms with Crippen molar-refractivity contribution in [2.45, 2.75) is 46.2 Å². The first kappa shape index (κ1) is 18.0. The number of aliphatic imine (C=N–C) groups is 1. The van der Waals surface area contributed by atoms with E-state index in [0.29, 0.717) is 19.0 Å². The van der Waals surface area contributed by atoms with Gasteiger partial charge in [-0.2, -0.15) is 5.10 Å². The van der Waals surface area contributed by atoms with E-state index in [0.717, 1.165) is 24.1 Å². The molecular weight excluding hydrogens is 306 g/mol. The van der Waals surface area contributed by atoms with Gasteiger partial charge in [-0.1, -0.05) is 20.8 Å². The molecule has 2 aromatic heterocycles. The molecule has 0 atom stereocenters. The highest BCUT2D eigenvalue weighted by Gasteiger charge is 2.19. The molecule has 8 nitrogen and oxygen atoms in total. The Hall–Kier alpha value is -2.38. The number of aromatic nitrogens is 4. The van der Waals surface area contributed by atoms with Crippen molar-refractivity contribution in [3.63, 3.8) is 0 Å². The molecule has 0 amide bonds. The second-order valence-corrected chi connectivity index (χ2v) is 6.69. The lowest BCUT2D eigenvalue weighted by Crippen LogP contribution is -2.39. The minimum absolute atomic E-state index is 0.0541. The number of hydrogen-bond donors (Lipinski definition) is 1. The average molecular weight is 333 g/mol. The van der Waals surface area contributed by atoms with Crippen LogP contribution in [0.2, 0.25) is 0 Å². The Kier molecular flexibility index (Phi) is 5.58. The minimum Gasteiger partial charge on any atom is -0.443 e. The number of rotatable bonds is 5. The molecule has 0 saturated heterocycles. The fraction of sp³-hybridized carbons (Fsp3) is 0.625. The third-order valence-corrected chi connectivity index (χ3v) is 3.54. The molecule has 24 heavy (non-hydrogen) atoms. The molecule has 132 valence electrons. The Bertz CT molecular complexity index is 681. The van der Waals surface area contributed by atoms with E-state index in [4.69, 9.17) is 4.42 Å². The number of nitrogens with one attached hydrogen (secondary N) is 1. The highest BCUT2D eigenvalue weighted by Crippen LogP contribution is 2.22. The van der Waals surface area contributed by atoms with Gasteiger partial charge < -0.3 is 14.6 Å². The van der Waals surface area contributed by atoms with Crippen LogP contribution in [0.4, 0.5) is 0 Å². The predicted molar refractivity (Wildman–Crippen MR) is 92.5 cm³/mol.